The molecule has 0 spiro atoms. The first-order chi connectivity index (χ1) is 5.45. The highest BCUT2D eigenvalue weighted by Gasteiger charge is 2.09. The van der Waals surface area contributed by atoms with Crippen molar-refractivity contribution in [1.82, 2.24) is 5.32 Å². The third kappa shape index (κ3) is 7.50. The van der Waals surface area contributed by atoms with E-state index in [2.05, 4.69) is 30.9 Å². The number of hydrogen-bond acceptors (Lipinski definition) is 3. The number of nitrogens with one attached hydrogen (secondary N) is 1. The number of hydrogen-bond donors (Lipinski definition) is 2. The van der Waals surface area contributed by atoms with E-state index in [-0.39, 0.29) is 17.9 Å². The van der Waals surface area contributed by atoms with Gasteiger partial charge in [-0.1, -0.05) is 20.8 Å². The monoisotopic (exact) mass is 174 g/mol. The minimum atomic E-state index is -0.165. The van der Waals surface area contributed by atoms with Crippen molar-refractivity contribution in [1.29, 1.82) is 0 Å². The van der Waals surface area contributed by atoms with Crippen molar-refractivity contribution in [2.75, 3.05) is 13.2 Å². The Kier molecular flexibility index (Phi) is 4.85. The molecular formula is C8H18N2O2. The predicted molar refractivity (Wildman–Crippen MR) is 47.2 cm³/mol. The molecule has 72 valence electrons. The van der Waals surface area contributed by atoms with Gasteiger partial charge < -0.3 is 5.32 Å². The van der Waals surface area contributed by atoms with Crippen molar-refractivity contribution in [3.05, 3.63) is 0 Å². The van der Waals surface area contributed by atoms with E-state index in [1.807, 2.05) is 0 Å². The third-order valence-corrected chi connectivity index (χ3v) is 1.41. The zero-order chi connectivity index (χ0) is 9.61. The van der Waals surface area contributed by atoms with E-state index >= 15 is 0 Å². The van der Waals surface area contributed by atoms with Gasteiger partial charge in [0.2, 0.25) is 5.91 Å². The van der Waals surface area contributed by atoms with Crippen LogP contribution in [0.4, 0.5) is 0 Å². The standard InChI is InChI=1S/C8H18N2O2/c1-8(2,3)4-5-10-7(11)6-12-9/h4-6,9H2,1-3H3,(H,10,11). The molecule has 3 N–H and O–H groups in total. The Morgan fingerprint density at radius 2 is 2.08 bits per heavy atom. The molecule has 0 aliphatic rings. The first-order valence-electron chi connectivity index (χ1n) is 4.04. The molecular weight excluding hydrogens is 156 g/mol. The van der Waals surface area contributed by atoms with Gasteiger partial charge in [-0.25, -0.2) is 5.90 Å². The molecule has 0 saturated carbocycles. The predicted octanol–water partition coefficient (Wildman–Crippen LogP) is 0.429. The fourth-order valence-corrected chi connectivity index (χ4v) is 0.704. The smallest absolute Gasteiger partial charge is 0.248 e. The second kappa shape index (κ2) is 5.11. The van der Waals surface area contributed by atoms with Crippen molar-refractivity contribution in [3.8, 4) is 0 Å². The van der Waals surface area contributed by atoms with E-state index in [1.165, 1.54) is 0 Å². The van der Waals surface area contributed by atoms with Gasteiger partial charge in [0.25, 0.3) is 0 Å². The normalized spacial score (nSPS) is 11.3. The molecule has 0 heterocycles. The quantitative estimate of drug-likeness (QED) is 0.607. The van der Waals surface area contributed by atoms with Crippen LogP contribution in [0.3, 0.4) is 0 Å². The van der Waals surface area contributed by atoms with Gasteiger partial charge in [-0.05, 0) is 11.8 Å². The van der Waals surface area contributed by atoms with Crippen LogP contribution in [0.15, 0.2) is 0 Å². The lowest BCUT2D eigenvalue weighted by Crippen LogP contribution is -2.31. The van der Waals surface area contributed by atoms with Crippen LogP contribution in [0.5, 0.6) is 0 Å². The van der Waals surface area contributed by atoms with E-state index < -0.39 is 0 Å². The Labute approximate surface area is 73.4 Å². The van der Waals surface area contributed by atoms with Crippen molar-refractivity contribution in [2.45, 2.75) is 27.2 Å². The highest BCUT2D eigenvalue weighted by molar-refractivity contribution is 5.77. The number of nitrogens with two attached hydrogens (primary N) is 1. The summed E-state index contributed by atoms with van der Waals surface area (Å²) in [4.78, 5) is 15.0. The molecule has 0 aliphatic heterocycles. The zero-order valence-corrected chi connectivity index (χ0v) is 8.02. The molecule has 0 aliphatic carbocycles. The number of rotatable bonds is 4. The first kappa shape index (κ1) is 11.4. The maximum atomic E-state index is 10.8. The average molecular weight is 174 g/mol. The largest absolute Gasteiger partial charge is 0.354 e. The summed E-state index contributed by atoms with van der Waals surface area (Å²) in [5.41, 5.74) is 0.247. The molecule has 0 radical (unpaired) electrons. The summed E-state index contributed by atoms with van der Waals surface area (Å²) in [7, 11) is 0. The SMILES string of the molecule is CC(C)(C)CCNC(=O)CON. The minimum absolute atomic E-state index is 0.0653. The molecule has 4 nitrogen and oxygen atoms in total. The van der Waals surface area contributed by atoms with E-state index in [9.17, 15) is 4.79 Å². The highest BCUT2D eigenvalue weighted by atomic mass is 16.6. The van der Waals surface area contributed by atoms with Crippen molar-refractivity contribution in [3.63, 3.8) is 0 Å². The van der Waals surface area contributed by atoms with E-state index in [4.69, 9.17) is 5.90 Å². The maximum absolute atomic E-state index is 10.8. The summed E-state index contributed by atoms with van der Waals surface area (Å²) in [5, 5.41) is 2.70. The Balaban J connectivity index is 3.37. The van der Waals surface area contributed by atoms with Crippen LogP contribution in [-0.2, 0) is 9.63 Å². The van der Waals surface area contributed by atoms with E-state index in [0.29, 0.717) is 6.54 Å². The number of amides is 1. The molecule has 1 amide bonds. The van der Waals surface area contributed by atoms with Gasteiger partial charge in [-0.15, -0.1) is 0 Å². The van der Waals surface area contributed by atoms with Crippen LogP contribution in [-0.4, -0.2) is 19.1 Å². The zero-order valence-electron chi connectivity index (χ0n) is 8.02. The second-order valence-electron chi connectivity index (χ2n) is 3.97. The van der Waals surface area contributed by atoms with Gasteiger partial charge in [0.15, 0.2) is 0 Å². The number of carbonyl (C=O) groups excluding carboxylic acids is 1. The molecule has 0 bridgehead atoms. The van der Waals surface area contributed by atoms with Gasteiger partial charge >= 0.3 is 0 Å². The Bertz CT molecular complexity index is 140. The van der Waals surface area contributed by atoms with Crippen LogP contribution in [0, 0.1) is 5.41 Å². The average Bonchev–Trinajstić information content (AvgIpc) is 1.84. The summed E-state index contributed by atoms with van der Waals surface area (Å²) in [6.07, 6.45) is 0.948. The lowest BCUT2D eigenvalue weighted by atomic mass is 9.92. The lowest BCUT2D eigenvalue weighted by Gasteiger charge is -2.17. The van der Waals surface area contributed by atoms with Gasteiger partial charge in [-0.2, -0.15) is 0 Å². The molecule has 0 unspecified atom stereocenters. The van der Waals surface area contributed by atoms with Gasteiger partial charge in [0, 0.05) is 6.54 Å². The summed E-state index contributed by atoms with van der Waals surface area (Å²) < 4.78 is 0. The van der Waals surface area contributed by atoms with Crippen LogP contribution in [0.1, 0.15) is 27.2 Å². The molecule has 0 aromatic heterocycles. The molecule has 4 heteroatoms. The summed E-state index contributed by atoms with van der Waals surface area (Å²) in [6.45, 7) is 6.98. The van der Waals surface area contributed by atoms with Crippen LogP contribution in [0.2, 0.25) is 0 Å². The van der Waals surface area contributed by atoms with Crippen LogP contribution in [0.25, 0.3) is 0 Å². The van der Waals surface area contributed by atoms with Gasteiger partial charge in [-0.3, -0.25) is 9.63 Å². The molecule has 0 rings (SSSR count). The summed E-state index contributed by atoms with van der Waals surface area (Å²) in [5.74, 6) is 4.56. The lowest BCUT2D eigenvalue weighted by molar-refractivity contribution is -0.125. The van der Waals surface area contributed by atoms with Crippen LogP contribution < -0.4 is 11.2 Å². The topological polar surface area (TPSA) is 64.3 Å². The van der Waals surface area contributed by atoms with Crippen molar-refractivity contribution in [2.24, 2.45) is 11.3 Å². The molecule has 0 atom stereocenters. The Morgan fingerprint density at radius 3 is 2.50 bits per heavy atom. The Morgan fingerprint density at radius 1 is 1.50 bits per heavy atom. The van der Waals surface area contributed by atoms with E-state index in [1.54, 1.807) is 0 Å². The van der Waals surface area contributed by atoms with Crippen molar-refractivity contribution >= 4 is 5.91 Å². The van der Waals surface area contributed by atoms with Crippen LogP contribution >= 0.6 is 0 Å². The highest BCUT2D eigenvalue weighted by Crippen LogP contribution is 2.16. The fraction of sp³-hybridized carbons (Fsp3) is 0.875. The van der Waals surface area contributed by atoms with Gasteiger partial charge in [0.1, 0.15) is 6.61 Å². The van der Waals surface area contributed by atoms with E-state index in [0.717, 1.165) is 6.42 Å². The molecule has 12 heavy (non-hydrogen) atoms. The molecule has 0 saturated heterocycles. The second-order valence-corrected chi connectivity index (χ2v) is 3.97. The summed E-state index contributed by atoms with van der Waals surface area (Å²) in [6, 6.07) is 0. The fourth-order valence-electron chi connectivity index (χ4n) is 0.704. The van der Waals surface area contributed by atoms with Crippen molar-refractivity contribution < 1.29 is 9.63 Å². The molecule has 0 aromatic rings. The maximum Gasteiger partial charge on any atom is 0.248 e. The van der Waals surface area contributed by atoms with Gasteiger partial charge in [0.05, 0.1) is 0 Å². The first-order valence-corrected chi connectivity index (χ1v) is 4.04. The number of carbonyl (C=O) groups is 1. The third-order valence-electron chi connectivity index (χ3n) is 1.41. The minimum Gasteiger partial charge on any atom is -0.354 e. The Hall–Kier alpha value is -0.610. The molecule has 0 aromatic carbocycles. The summed E-state index contributed by atoms with van der Waals surface area (Å²) >= 11 is 0. The molecule has 0 fully saturated rings.